The molecule has 0 aliphatic rings. The van der Waals surface area contributed by atoms with E-state index in [9.17, 15) is 0 Å². The Morgan fingerprint density at radius 2 is 0.400 bits per heavy atom. The fourth-order valence-electron chi connectivity index (χ4n) is 0. The van der Waals surface area contributed by atoms with Crippen LogP contribution in [0.1, 0.15) is 0 Å². The summed E-state index contributed by atoms with van der Waals surface area (Å²) in [7, 11) is 0. The fraction of sp³-hybridized carbons (Fsp3) is 0. The molecule has 0 amide bonds. The second-order valence-electron chi connectivity index (χ2n) is 0. The maximum absolute atomic E-state index is 0. The van der Waals surface area contributed by atoms with Gasteiger partial charge in [-0.15, -0.1) is 67.9 Å². The summed E-state index contributed by atoms with van der Waals surface area (Å²) in [6.07, 6.45) is 0. The molecule has 0 N–H and O–H groups in total. The first-order chi connectivity index (χ1) is 0. The molecule has 0 aromatic heterocycles. The molecule has 0 aromatic carbocycles. The smallest absolute Gasteiger partial charge is 0 e. The van der Waals surface area contributed by atoms with Crippen LogP contribution < -0.4 is 0 Å². The van der Waals surface area contributed by atoms with Crippen molar-refractivity contribution in [2.45, 2.75) is 0 Å². The van der Waals surface area contributed by atoms with Gasteiger partial charge in [0.05, 0.1) is 0 Å². The summed E-state index contributed by atoms with van der Waals surface area (Å²) in [6, 6.07) is 0. The van der Waals surface area contributed by atoms with Gasteiger partial charge < -0.3 is 0 Å². The van der Waals surface area contributed by atoms with Crippen molar-refractivity contribution in [3.63, 3.8) is 0 Å². The second kappa shape index (κ2) is 29.8. The third-order valence-electron chi connectivity index (χ3n) is 0. The number of hydrogen-bond acceptors (Lipinski definition) is 0. The summed E-state index contributed by atoms with van der Waals surface area (Å²) in [5.74, 6) is 0. The Morgan fingerprint density at radius 3 is 0.400 bits per heavy atom. The maximum atomic E-state index is 0. The zero-order chi connectivity index (χ0) is 0. The largest absolute Gasteiger partial charge is 0.114 e. The molecule has 5 heavy (non-hydrogen) atoms. The van der Waals surface area contributed by atoms with Crippen LogP contribution in [0.15, 0.2) is 0 Å². The predicted octanol–water partition coefficient (Wildman–Crippen LogP) is 1.93. The van der Waals surface area contributed by atoms with Crippen LogP contribution in [0.4, 0.5) is 0 Å². The summed E-state index contributed by atoms with van der Waals surface area (Å²) in [6.45, 7) is 0. The van der Waals surface area contributed by atoms with E-state index in [4.69, 9.17) is 0 Å². The van der Waals surface area contributed by atoms with E-state index in [1.165, 1.54) is 0 Å². The second-order valence-corrected chi connectivity index (χ2v) is 0. The topological polar surface area (TPSA) is 0 Å². The molecule has 2 radical (unpaired) electrons. The van der Waals surface area contributed by atoms with Crippen LogP contribution in [-0.2, 0) is 0 Å². The van der Waals surface area contributed by atoms with Crippen LogP contribution in [-0.4, -0.2) is 23.7 Å². The molecule has 0 aliphatic heterocycles. The van der Waals surface area contributed by atoms with Crippen LogP contribution in [0, 0.1) is 0 Å². The average molecular weight is 451 g/mol. The average Bonchev–Trinajstić information content (AvgIpc) is 0. The van der Waals surface area contributed by atoms with Gasteiger partial charge in [0.15, 0.2) is 0 Å². The Hall–Kier alpha value is 2.71. The van der Waals surface area contributed by atoms with Crippen LogP contribution in [0.5, 0.6) is 0 Å². The molecule has 0 aliphatic carbocycles. The monoisotopic (exact) mass is 450 g/mol. The molecular formula is H4Br4Te. The molecule has 0 saturated heterocycles. The van der Waals surface area contributed by atoms with Gasteiger partial charge in [-0.1, -0.05) is 0 Å². The minimum absolute atomic E-state index is 0. The molecule has 0 unspecified atom stereocenters. The van der Waals surface area contributed by atoms with Gasteiger partial charge in [0.25, 0.3) is 0 Å². The zero-order valence-corrected chi connectivity index (χ0v) is 11.2. The van der Waals surface area contributed by atoms with E-state index in [0.717, 1.165) is 0 Å². The normalized spacial score (nSPS) is 0. The van der Waals surface area contributed by atoms with E-state index in [0.29, 0.717) is 0 Å². The van der Waals surface area contributed by atoms with Crippen molar-refractivity contribution in [1.82, 2.24) is 0 Å². The molecule has 0 rings (SSSR count). The summed E-state index contributed by atoms with van der Waals surface area (Å²) in [5, 5.41) is 0. The van der Waals surface area contributed by atoms with Crippen molar-refractivity contribution < 1.29 is 0 Å². The molecule has 0 spiro atoms. The van der Waals surface area contributed by atoms with Crippen molar-refractivity contribution in [1.29, 1.82) is 0 Å². The predicted molar refractivity (Wildman–Crippen MR) is 47.0 cm³/mol. The van der Waals surface area contributed by atoms with Crippen molar-refractivity contribution in [3.8, 4) is 0 Å². The third kappa shape index (κ3) is 20.3. The molecular weight excluding hydrogens is 447 g/mol. The summed E-state index contributed by atoms with van der Waals surface area (Å²) >= 11 is 0. The van der Waals surface area contributed by atoms with Crippen LogP contribution in [0.3, 0.4) is 0 Å². The quantitative estimate of drug-likeness (QED) is 0.494. The molecule has 0 saturated carbocycles. The van der Waals surface area contributed by atoms with E-state index < -0.39 is 0 Å². The Morgan fingerprint density at radius 1 is 0.400 bits per heavy atom. The first-order valence-electron chi connectivity index (χ1n) is 0. The molecule has 0 atom stereocenters. The molecule has 38 valence electrons. The Labute approximate surface area is 90.3 Å². The van der Waals surface area contributed by atoms with Gasteiger partial charge in [0.2, 0.25) is 0 Å². The standard InChI is InChI=1S/4BrH.Te/h4*1H;. The van der Waals surface area contributed by atoms with Gasteiger partial charge in [0.1, 0.15) is 0 Å². The SMILES string of the molecule is Br.Br.Br.Br.[Te]. The van der Waals surface area contributed by atoms with Crippen LogP contribution in [0.2, 0.25) is 0 Å². The van der Waals surface area contributed by atoms with Crippen LogP contribution in [0.25, 0.3) is 0 Å². The van der Waals surface area contributed by atoms with E-state index in [2.05, 4.69) is 0 Å². The zero-order valence-electron chi connectivity index (χ0n) is 2.04. The van der Waals surface area contributed by atoms with E-state index in [1.807, 2.05) is 0 Å². The van der Waals surface area contributed by atoms with Crippen molar-refractivity contribution >= 4 is 91.6 Å². The van der Waals surface area contributed by atoms with Crippen LogP contribution >= 0.6 is 67.9 Å². The van der Waals surface area contributed by atoms with Gasteiger partial charge in [-0.05, 0) is 0 Å². The molecule has 0 nitrogen and oxygen atoms in total. The first kappa shape index (κ1) is 47.3. The first-order valence-corrected chi connectivity index (χ1v) is 0. The van der Waals surface area contributed by atoms with Crippen molar-refractivity contribution in [2.24, 2.45) is 0 Å². The van der Waals surface area contributed by atoms with E-state index >= 15 is 0 Å². The van der Waals surface area contributed by atoms with E-state index in [-0.39, 0.29) is 91.6 Å². The van der Waals surface area contributed by atoms with Gasteiger partial charge >= 0.3 is 0 Å². The van der Waals surface area contributed by atoms with Gasteiger partial charge in [-0.25, -0.2) is 0 Å². The van der Waals surface area contributed by atoms with Gasteiger partial charge in [0, 0.05) is 23.7 Å². The number of halogens is 4. The summed E-state index contributed by atoms with van der Waals surface area (Å²) in [5.41, 5.74) is 0. The summed E-state index contributed by atoms with van der Waals surface area (Å²) < 4.78 is 0. The molecule has 5 heteroatoms. The Balaban J connectivity index is 0. The fourth-order valence-corrected chi connectivity index (χ4v) is 0. The molecule has 0 heterocycles. The van der Waals surface area contributed by atoms with Crippen molar-refractivity contribution in [3.05, 3.63) is 0 Å². The number of hydrogen-bond donors (Lipinski definition) is 0. The van der Waals surface area contributed by atoms with Gasteiger partial charge in [-0.3, -0.25) is 0 Å². The van der Waals surface area contributed by atoms with E-state index in [1.54, 1.807) is 0 Å². The Bertz CT molecular complexity index is 3.61. The third-order valence-corrected chi connectivity index (χ3v) is 0. The number of rotatable bonds is 0. The molecule has 0 bridgehead atoms. The Kier molecular flexibility index (Phi) is 282. The molecule has 0 fully saturated rings. The molecule has 0 aromatic rings. The van der Waals surface area contributed by atoms with Crippen molar-refractivity contribution in [2.75, 3.05) is 0 Å². The summed E-state index contributed by atoms with van der Waals surface area (Å²) in [4.78, 5) is 0. The minimum atomic E-state index is 0. The minimum Gasteiger partial charge on any atom is -0.114 e. The maximum Gasteiger partial charge on any atom is 0 e. The van der Waals surface area contributed by atoms with Gasteiger partial charge in [-0.2, -0.15) is 0 Å².